The minimum atomic E-state index is -0.746. The smallest absolute Gasteiger partial charge is 0.343 e. The number of urea groups is 1. The highest BCUT2D eigenvalue weighted by atomic mass is 16.5. The van der Waals surface area contributed by atoms with E-state index in [1.165, 1.54) is 13.2 Å². The Morgan fingerprint density at radius 1 is 0.756 bits per heavy atom. The summed E-state index contributed by atoms with van der Waals surface area (Å²) in [6.45, 7) is 4.20. The van der Waals surface area contributed by atoms with E-state index in [-0.39, 0.29) is 5.57 Å². The number of rotatable bonds is 9. The lowest BCUT2D eigenvalue weighted by Crippen LogP contribution is -2.57. The van der Waals surface area contributed by atoms with Gasteiger partial charge in [-0.15, -0.1) is 6.58 Å². The monoisotopic (exact) mass is 544 g/mol. The fourth-order valence-corrected chi connectivity index (χ4v) is 4.62. The number of benzene rings is 4. The van der Waals surface area contributed by atoms with Crippen LogP contribution in [0.2, 0.25) is 0 Å². The molecule has 0 radical (unpaired) electrons. The second kappa shape index (κ2) is 12.2. The lowest BCUT2D eigenvalue weighted by atomic mass is 10.0. The van der Waals surface area contributed by atoms with E-state index in [4.69, 9.17) is 9.47 Å². The molecule has 5 rings (SSSR count). The van der Waals surface area contributed by atoms with Crippen LogP contribution in [0.3, 0.4) is 0 Å². The van der Waals surface area contributed by atoms with Crippen LogP contribution in [-0.2, 0) is 22.6 Å². The van der Waals surface area contributed by atoms with Crippen molar-refractivity contribution >= 4 is 35.3 Å². The summed E-state index contributed by atoms with van der Waals surface area (Å²) in [5, 5.41) is 0. The number of anilines is 2. The maximum Gasteiger partial charge on any atom is 0.343 e. The van der Waals surface area contributed by atoms with Gasteiger partial charge in [0.25, 0.3) is 11.8 Å². The van der Waals surface area contributed by atoms with Crippen LogP contribution in [-0.4, -0.2) is 25.0 Å². The van der Waals surface area contributed by atoms with Crippen molar-refractivity contribution in [2.24, 2.45) is 0 Å². The van der Waals surface area contributed by atoms with Gasteiger partial charge in [-0.05, 0) is 60.0 Å². The molecule has 204 valence electrons. The molecule has 4 aromatic rings. The van der Waals surface area contributed by atoms with E-state index in [2.05, 4.69) is 6.58 Å². The number of imide groups is 2. The van der Waals surface area contributed by atoms with Crippen LogP contribution in [0.25, 0.3) is 6.08 Å². The molecular weight excluding hydrogens is 516 g/mol. The zero-order chi connectivity index (χ0) is 28.8. The summed E-state index contributed by atoms with van der Waals surface area (Å²) in [4.78, 5) is 43.1. The van der Waals surface area contributed by atoms with Gasteiger partial charge in [0.1, 0.15) is 12.2 Å². The lowest BCUT2D eigenvalue weighted by molar-refractivity contribution is -0.121. The molecular formula is C34H28N2O5. The van der Waals surface area contributed by atoms with Crippen LogP contribution in [0, 0.1) is 0 Å². The summed E-state index contributed by atoms with van der Waals surface area (Å²) in [7, 11) is 1.53. The number of hydrogen-bond donors (Lipinski definition) is 0. The van der Waals surface area contributed by atoms with Gasteiger partial charge in [-0.1, -0.05) is 72.8 Å². The number of methoxy groups -OCH3 is 1. The minimum absolute atomic E-state index is 0.165. The Labute approximate surface area is 238 Å². The predicted octanol–water partition coefficient (Wildman–Crippen LogP) is 6.59. The Morgan fingerprint density at radius 3 is 1.80 bits per heavy atom. The summed E-state index contributed by atoms with van der Waals surface area (Å²) in [5.74, 6) is -0.440. The second-order valence-corrected chi connectivity index (χ2v) is 9.27. The fraction of sp³-hybridized carbons (Fsp3) is 0.0882. The maximum absolute atomic E-state index is 13.7. The molecule has 1 aliphatic heterocycles. The molecule has 7 heteroatoms. The number of carbonyl (C=O) groups is 3. The number of allylic oxidation sites excluding steroid dienone is 1. The minimum Gasteiger partial charge on any atom is -0.493 e. The number of hydrogen-bond acceptors (Lipinski definition) is 5. The van der Waals surface area contributed by atoms with E-state index < -0.39 is 17.8 Å². The van der Waals surface area contributed by atoms with Crippen molar-refractivity contribution in [3.63, 3.8) is 0 Å². The molecule has 0 spiro atoms. The molecule has 0 unspecified atom stereocenters. The molecule has 0 bridgehead atoms. The van der Waals surface area contributed by atoms with Crippen LogP contribution < -0.4 is 19.3 Å². The lowest BCUT2D eigenvalue weighted by Gasteiger charge is -2.34. The largest absolute Gasteiger partial charge is 0.493 e. The molecule has 0 N–H and O–H groups in total. The first-order chi connectivity index (χ1) is 20.0. The van der Waals surface area contributed by atoms with E-state index >= 15 is 0 Å². The number of amides is 4. The van der Waals surface area contributed by atoms with Gasteiger partial charge in [-0.2, -0.15) is 0 Å². The number of nitrogens with zero attached hydrogens (tertiary/aromatic N) is 2. The SMILES string of the molecule is C=CCc1cc(C=C2C(=O)N(c3ccccc3)C(=O)N(c3ccccc3)C2=O)cc(OC)c1OCc1ccccc1. The molecule has 1 fully saturated rings. The van der Waals surface area contributed by atoms with Gasteiger partial charge in [0.15, 0.2) is 11.5 Å². The quantitative estimate of drug-likeness (QED) is 0.135. The van der Waals surface area contributed by atoms with Crippen molar-refractivity contribution in [1.82, 2.24) is 0 Å². The Hall–Kier alpha value is -5.43. The average Bonchev–Trinajstić information content (AvgIpc) is 3.00. The first kappa shape index (κ1) is 27.1. The molecule has 1 aliphatic rings. The van der Waals surface area contributed by atoms with Crippen molar-refractivity contribution in [1.29, 1.82) is 0 Å². The molecule has 41 heavy (non-hydrogen) atoms. The zero-order valence-electron chi connectivity index (χ0n) is 22.5. The van der Waals surface area contributed by atoms with Gasteiger partial charge in [0.2, 0.25) is 0 Å². The topological polar surface area (TPSA) is 76.2 Å². The molecule has 0 aliphatic carbocycles. The van der Waals surface area contributed by atoms with Crippen LogP contribution in [0.4, 0.5) is 16.2 Å². The molecule has 4 aromatic carbocycles. The van der Waals surface area contributed by atoms with E-state index in [1.807, 2.05) is 36.4 Å². The molecule has 4 amide bonds. The van der Waals surface area contributed by atoms with E-state index in [1.54, 1.807) is 72.8 Å². The summed E-state index contributed by atoms with van der Waals surface area (Å²) in [5.41, 5.74) is 2.86. The molecule has 0 aromatic heterocycles. The van der Waals surface area contributed by atoms with Crippen molar-refractivity contribution in [3.8, 4) is 11.5 Å². The first-order valence-electron chi connectivity index (χ1n) is 13.0. The van der Waals surface area contributed by atoms with Crippen LogP contribution >= 0.6 is 0 Å². The van der Waals surface area contributed by atoms with E-state index in [0.717, 1.165) is 20.9 Å². The average molecular weight is 545 g/mol. The number of carbonyl (C=O) groups excluding carboxylic acids is 3. The normalized spacial score (nSPS) is 13.3. The third kappa shape index (κ3) is 5.65. The van der Waals surface area contributed by atoms with Crippen molar-refractivity contribution in [3.05, 3.63) is 138 Å². The van der Waals surface area contributed by atoms with Gasteiger partial charge in [0.05, 0.1) is 18.5 Å². The third-order valence-electron chi connectivity index (χ3n) is 6.55. The Balaban J connectivity index is 1.59. The fourth-order valence-electron chi connectivity index (χ4n) is 4.62. The van der Waals surface area contributed by atoms with Gasteiger partial charge < -0.3 is 9.47 Å². The Bertz CT molecular complexity index is 1550. The van der Waals surface area contributed by atoms with Gasteiger partial charge in [-0.25, -0.2) is 14.6 Å². The number of ether oxygens (including phenoxy) is 2. The third-order valence-corrected chi connectivity index (χ3v) is 6.55. The van der Waals surface area contributed by atoms with Gasteiger partial charge in [0, 0.05) is 5.56 Å². The van der Waals surface area contributed by atoms with Crippen LogP contribution in [0.15, 0.2) is 121 Å². The molecule has 1 saturated heterocycles. The number of para-hydroxylation sites is 2. The Kier molecular flexibility index (Phi) is 8.06. The molecule has 0 atom stereocenters. The number of barbiturate groups is 1. The summed E-state index contributed by atoms with van der Waals surface area (Å²) < 4.78 is 11.8. The highest BCUT2D eigenvalue weighted by molar-refractivity contribution is 6.46. The molecule has 7 nitrogen and oxygen atoms in total. The second-order valence-electron chi connectivity index (χ2n) is 9.27. The van der Waals surface area contributed by atoms with Crippen LogP contribution in [0.1, 0.15) is 16.7 Å². The van der Waals surface area contributed by atoms with Crippen molar-refractivity contribution in [2.45, 2.75) is 13.0 Å². The summed E-state index contributed by atoms with van der Waals surface area (Å²) in [6, 6.07) is 29.6. The van der Waals surface area contributed by atoms with Gasteiger partial charge >= 0.3 is 6.03 Å². The van der Waals surface area contributed by atoms with E-state index in [9.17, 15) is 14.4 Å². The van der Waals surface area contributed by atoms with Crippen LogP contribution in [0.5, 0.6) is 11.5 Å². The summed E-state index contributed by atoms with van der Waals surface area (Å²) in [6.07, 6.45) is 3.69. The molecule has 1 heterocycles. The Morgan fingerprint density at radius 2 is 1.29 bits per heavy atom. The highest BCUT2D eigenvalue weighted by Crippen LogP contribution is 2.36. The highest BCUT2D eigenvalue weighted by Gasteiger charge is 2.43. The van der Waals surface area contributed by atoms with Crippen molar-refractivity contribution in [2.75, 3.05) is 16.9 Å². The maximum atomic E-state index is 13.7. The van der Waals surface area contributed by atoms with E-state index in [0.29, 0.717) is 41.5 Å². The predicted molar refractivity (Wildman–Crippen MR) is 159 cm³/mol. The zero-order valence-corrected chi connectivity index (χ0v) is 22.5. The van der Waals surface area contributed by atoms with Gasteiger partial charge in [-0.3, -0.25) is 9.59 Å². The standard InChI is InChI=1S/C34H28N2O5/c1-3-13-26-20-25(22-30(40-2)31(26)41-23-24-14-7-4-8-15-24)21-29-32(37)35(27-16-9-5-10-17-27)34(39)36(33(29)38)28-18-11-6-12-19-28/h3-12,14-22H,1,13,23H2,2H3. The summed E-state index contributed by atoms with van der Waals surface area (Å²) >= 11 is 0. The first-order valence-corrected chi connectivity index (χ1v) is 13.0. The molecule has 0 saturated carbocycles. The van der Waals surface area contributed by atoms with Crippen molar-refractivity contribution < 1.29 is 23.9 Å².